The van der Waals surface area contributed by atoms with E-state index in [-0.39, 0.29) is 5.11 Å². The fourth-order valence-electron chi connectivity index (χ4n) is 1.18. The van der Waals surface area contributed by atoms with E-state index in [0.717, 1.165) is 5.56 Å². The molecule has 0 spiro atoms. The number of carbonyl (C=O) groups is 1. The highest BCUT2D eigenvalue weighted by Gasteiger charge is 2.20. The molecule has 1 rings (SSSR count). The lowest BCUT2D eigenvalue weighted by atomic mass is 10.1. The molecule has 0 amide bonds. The summed E-state index contributed by atoms with van der Waals surface area (Å²) >= 11 is 4.70. The minimum Gasteiger partial charge on any atom is -0.467 e. The molecular formula is C10H12N2O2S. The zero-order valence-corrected chi connectivity index (χ0v) is 9.08. The van der Waals surface area contributed by atoms with E-state index in [1.807, 2.05) is 18.2 Å². The smallest absolute Gasteiger partial charge is 0.333 e. The van der Waals surface area contributed by atoms with Crippen molar-refractivity contribution < 1.29 is 9.53 Å². The Hall–Kier alpha value is -1.62. The highest BCUT2D eigenvalue weighted by atomic mass is 32.1. The molecule has 0 saturated carbocycles. The number of nitrogens with two attached hydrogens (primary N) is 1. The molecule has 0 aliphatic rings. The maximum absolute atomic E-state index is 11.4. The fourth-order valence-corrected chi connectivity index (χ4v) is 1.30. The molecule has 5 heteroatoms. The number of carbonyl (C=O) groups excluding carboxylic acids is 1. The number of esters is 1. The maximum atomic E-state index is 11.4. The Balaban J connectivity index is 2.91. The van der Waals surface area contributed by atoms with Gasteiger partial charge in [0.1, 0.15) is 0 Å². The van der Waals surface area contributed by atoms with Crippen LogP contribution in [0.4, 0.5) is 0 Å². The Morgan fingerprint density at radius 3 is 2.53 bits per heavy atom. The van der Waals surface area contributed by atoms with Crippen LogP contribution in [0, 0.1) is 0 Å². The summed E-state index contributed by atoms with van der Waals surface area (Å²) in [6.07, 6.45) is 0. The highest BCUT2D eigenvalue weighted by Crippen LogP contribution is 2.13. The first-order chi connectivity index (χ1) is 7.15. The first kappa shape index (κ1) is 11.5. The summed E-state index contributed by atoms with van der Waals surface area (Å²) in [7, 11) is 1.32. The average molecular weight is 224 g/mol. The molecule has 0 radical (unpaired) electrons. The van der Waals surface area contributed by atoms with Gasteiger partial charge in [0.25, 0.3) is 0 Å². The van der Waals surface area contributed by atoms with Crippen LogP contribution in [-0.2, 0) is 9.53 Å². The minimum absolute atomic E-state index is 0.0641. The molecule has 0 saturated heterocycles. The predicted octanol–water partition coefficient (Wildman–Crippen LogP) is 0.734. The molecule has 0 aromatic heterocycles. The Kier molecular flexibility index (Phi) is 4.05. The SMILES string of the molecule is COC(=O)C(NC(N)=S)c1ccccc1. The summed E-state index contributed by atoms with van der Waals surface area (Å²) in [5, 5.41) is 2.75. The Bertz CT molecular complexity index is 354. The lowest BCUT2D eigenvalue weighted by Crippen LogP contribution is -2.37. The molecule has 0 heterocycles. The summed E-state index contributed by atoms with van der Waals surface area (Å²) in [5.41, 5.74) is 6.10. The average Bonchev–Trinajstić information content (AvgIpc) is 2.26. The number of methoxy groups -OCH3 is 1. The fraction of sp³-hybridized carbons (Fsp3) is 0.200. The number of nitrogens with one attached hydrogen (secondary N) is 1. The molecule has 0 aliphatic carbocycles. The third-order valence-corrected chi connectivity index (χ3v) is 1.97. The van der Waals surface area contributed by atoms with Gasteiger partial charge >= 0.3 is 5.97 Å². The van der Waals surface area contributed by atoms with Crippen LogP contribution in [-0.4, -0.2) is 18.2 Å². The number of thiocarbonyl (C=S) groups is 1. The lowest BCUT2D eigenvalue weighted by Gasteiger charge is -2.16. The van der Waals surface area contributed by atoms with Gasteiger partial charge in [-0.1, -0.05) is 30.3 Å². The minimum atomic E-state index is -0.645. The Morgan fingerprint density at radius 2 is 2.07 bits per heavy atom. The van der Waals surface area contributed by atoms with Crippen LogP contribution in [0.15, 0.2) is 30.3 Å². The van der Waals surface area contributed by atoms with Crippen molar-refractivity contribution in [2.24, 2.45) is 5.73 Å². The summed E-state index contributed by atoms with van der Waals surface area (Å²) in [6.45, 7) is 0. The largest absolute Gasteiger partial charge is 0.467 e. The Morgan fingerprint density at radius 1 is 1.47 bits per heavy atom. The second-order valence-electron chi connectivity index (χ2n) is 2.88. The number of hydrogen-bond donors (Lipinski definition) is 2. The highest BCUT2D eigenvalue weighted by molar-refractivity contribution is 7.80. The van der Waals surface area contributed by atoms with Gasteiger partial charge in [0, 0.05) is 0 Å². The molecule has 1 unspecified atom stereocenters. The van der Waals surface area contributed by atoms with E-state index in [1.165, 1.54) is 7.11 Å². The van der Waals surface area contributed by atoms with E-state index >= 15 is 0 Å². The molecule has 3 N–H and O–H groups in total. The van der Waals surface area contributed by atoms with E-state index in [2.05, 4.69) is 10.1 Å². The lowest BCUT2D eigenvalue weighted by molar-refractivity contribution is -0.142. The first-order valence-corrected chi connectivity index (χ1v) is 4.74. The summed E-state index contributed by atoms with van der Waals surface area (Å²) in [4.78, 5) is 11.4. The van der Waals surface area contributed by atoms with Crippen LogP contribution >= 0.6 is 12.2 Å². The second kappa shape index (κ2) is 5.31. The third-order valence-electron chi connectivity index (χ3n) is 1.86. The van der Waals surface area contributed by atoms with Crippen molar-refractivity contribution >= 4 is 23.3 Å². The quantitative estimate of drug-likeness (QED) is 0.585. The van der Waals surface area contributed by atoms with Crippen molar-refractivity contribution in [1.29, 1.82) is 0 Å². The van der Waals surface area contributed by atoms with Gasteiger partial charge in [-0.2, -0.15) is 0 Å². The molecule has 15 heavy (non-hydrogen) atoms. The summed E-state index contributed by atoms with van der Waals surface area (Å²) < 4.78 is 4.65. The Labute approximate surface area is 93.4 Å². The number of hydrogen-bond acceptors (Lipinski definition) is 3. The summed E-state index contributed by atoms with van der Waals surface area (Å²) in [6, 6.07) is 8.46. The van der Waals surface area contributed by atoms with E-state index < -0.39 is 12.0 Å². The molecule has 1 aromatic carbocycles. The van der Waals surface area contributed by atoms with E-state index in [9.17, 15) is 4.79 Å². The van der Waals surface area contributed by atoms with Crippen LogP contribution < -0.4 is 11.1 Å². The number of ether oxygens (including phenoxy) is 1. The van der Waals surface area contributed by atoms with Crippen molar-refractivity contribution in [3.8, 4) is 0 Å². The van der Waals surface area contributed by atoms with E-state index in [4.69, 9.17) is 18.0 Å². The van der Waals surface area contributed by atoms with Gasteiger partial charge in [0.2, 0.25) is 0 Å². The van der Waals surface area contributed by atoms with Crippen LogP contribution in [0.5, 0.6) is 0 Å². The van der Waals surface area contributed by atoms with Crippen molar-refractivity contribution in [1.82, 2.24) is 5.32 Å². The van der Waals surface area contributed by atoms with Gasteiger partial charge < -0.3 is 15.8 Å². The van der Waals surface area contributed by atoms with Gasteiger partial charge in [-0.3, -0.25) is 0 Å². The van der Waals surface area contributed by atoms with Crippen molar-refractivity contribution in [2.75, 3.05) is 7.11 Å². The zero-order valence-electron chi connectivity index (χ0n) is 8.27. The predicted molar refractivity (Wildman–Crippen MR) is 61.1 cm³/mol. The number of benzene rings is 1. The van der Waals surface area contributed by atoms with Crippen LogP contribution in [0.1, 0.15) is 11.6 Å². The molecule has 80 valence electrons. The molecule has 1 atom stereocenters. The standard InChI is InChI=1S/C10H12N2O2S/c1-14-9(13)8(12-10(11)15)7-5-3-2-4-6-7/h2-6,8H,1H3,(H3,11,12,15). The molecule has 0 aliphatic heterocycles. The summed E-state index contributed by atoms with van der Waals surface area (Å²) in [5.74, 6) is -0.422. The molecule has 1 aromatic rings. The monoisotopic (exact) mass is 224 g/mol. The maximum Gasteiger partial charge on any atom is 0.333 e. The van der Waals surface area contributed by atoms with Gasteiger partial charge in [-0.15, -0.1) is 0 Å². The van der Waals surface area contributed by atoms with Crippen molar-refractivity contribution in [2.45, 2.75) is 6.04 Å². The number of rotatable bonds is 3. The van der Waals surface area contributed by atoms with E-state index in [1.54, 1.807) is 12.1 Å². The van der Waals surface area contributed by atoms with Gasteiger partial charge in [-0.25, -0.2) is 4.79 Å². The third kappa shape index (κ3) is 3.21. The molecule has 0 fully saturated rings. The van der Waals surface area contributed by atoms with Crippen LogP contribution in [0.2, 0.25) is 0 Å². The normalized spacial score (nSPS) is 11.5. The van der Waals surface area contributed by atoms with Gasteiger partial charge in [0.15, 0.2) is 11.2 Å². The molecule has 0 bridgehead atoms. The molecule has 4 nitrogen and oxygen atoms in total. The van der Waals surface area contributed by atoms with Crippen LogP contribution in [0.3, 0.4) is 0 Å². The molecular weight excluding hydrogens is 212 g/mol. The zero-order chi connectivity index (χ0) is 11.3. The van der Waals surface area contributed by atoms with Crippen molar-refractivity contribution in [3.63, 3.8) is 0 Å². The van der Waals surface area contributed by atoms with Crippen molar-refractivity contribution in [3.05, 3.63) is 35.9 Å². The topological polar surface area (TPSA) is 64.3 Å². The van der Waals surface area contributed by atoms with Crippen LogP contribution in [0.25, 0.3) is 0 Å². The second-order valence-corrected chi connectivity index (χ2v) is 3.32. The first-order valence-electron chi connectivity index (χ1n) is 4.34. The van der Waals surface area contributed by atoms with Gasteiger partial charge in [-0.05, 0) is 17.8 Å². The van der Waals surface area contributed by atoms with Gasteiger partial charge in [0.05, 0.1) is 7.11 Å². The van der Waals surface area contributed by atoms with E-state index in [0.29, 0.717) is 0 Å².